The minimum Gasteiger partial charge on any atom is -0.495 e. The Morgan fingerprint density at radius 1 is 1.02 bits per heavy atom. The van der Waals surface area contributed by atoms with E-state index in [0.717, 1.165) is 18.5 Å². The number of ether oxygens (including phenoxy) is 3. The molecule has 1 saturated carbocycles. The molecule has 16 heteroatoms. The van der Waals surface area contributed by atoms with Gasteiger partial charge in [-0.05, 0) is 31.0 Å². The number of anilines is 3. The van der Waals surface area contributed by atoms with Crippen molar-refractivity contribution in [2.24, 2.45) is 0 Å². The molecule has 1 aliphatic carbocycles. The Kier molecular flexibility index (Phi) is 7.47. The normalized spacial score (nSPS) is 16.5. The number of likely N-dealkylation sites (tertiary alicyclic amines) is 1. The molecule has 6 rings (SSSR count). The molecule has 1 saturated heterocycles. The van der Waals surface area contributed by atoms with Gasteiger partial charge in [-0.15, -0.1) is 0 Å². The predicted molar refractivity (Wildman–Crippen MR) is 155 cm³/mol. The number of hydrogen-bond donors (Lipinski definition) is 3. The van der Waals surface area contributed by atoms with Crippen LogP contribution in [0.15, 0.2) is 39.8 Å². The summed E-state index contributed by atoms with van der Waals surface area (Å²) >= 11 is 0. The van der Waals surface area contributed by atoms with Crippen LogP contribution in [0, 0.1) is 0 Å². The lowest BCUT2D eigenvalue weighted by Crippen LogP contribution is -2.42. The maximum absolute atomic E-state index is 13.7. The van der Waals surface area contributed by atoms with Gasteiger partial charge in [0.05, 0.1) is 32.4 Å². The lowest BCUT2D eigenvalue weighted by Gasteiger charge is -2.32. The molecule has 4 aromatic rings. The van der Waals surface area contributed by atoms with Crippen molar-refractivity contribution in [1.29, 1.82) is 0 Å². The number of piperidine rings is 1. The minimum atomic E-state index is -4.44. The molecule has 2 aliphatic rings. The van der Waals surface area contributed by atoms with Crippen molar-refractivity contribution < 1.29 is 40.7 Å². The summed E-state index contributed by atoms with van der Waals surface area (Å²) in [6.07, 6.45) is 1.33. The number of benzene rings is 2. The first-order valence-corrected chi connectivity index (χ1v) is 15.3. The molecule has 2 aromatic carbocycles. The predicted octanol–water partition coefficient (Wildman–Crippen LogP) is 4.87. The number of carbonyl (C=O) groups is 1. The van der Waals surface area contributed by atoms with Crippen LogP contribution in [0.4, 0.5) is 26.1 Å². The Bertz CT molecular complexity index is 1800. The average Bonchev–Trinajstić information content (AvgIpc) is 3.64. The van der Waals surface area contributed by atoms with Crippen LogP contribution in [0.2, 0.25) is 0 Å². The molecule has 0 spiro atoms. The molecule has 0 unspecified atom stereocenters. The highest BCUT2D eigenvalue weighted by molar-refractivity contribution is 7.93. The van der Waals surface area contributed by atoms with Gasteiger partial charge < -0.3 is 29.0 Å². The number of nitrogens with zero attached hydrogens (tertiary/aromatic N) is 3. The Morgan fingerprint density at radius 2 is 1.68 bits per heavy atom. The maximum atomic E-state index is 13.7. The Balaban J connectivity index is 1.28. The Hall–Kier alpha value is -4.60. The van der Waals surface area contributed by atoms with Gasteiger partial charge in [-0.2, -0.15) is 5.10 Å². The lowest BCUT2D eigenvalue weighted by atomic mass is 10.1. The van der Waals surface area contributed by atoms with Crippen LogP contribution < -0.4 is 24.2 Å². The minimum absolute atomic E-state index is 0.0284. The first kappa shape index (κ1) is 29.5. The highest BCUT2D eigenvalue weighted by Crippen LogP contribution is 2.42. The van der Waals surface area contributed by atoms with E-state index in [0.29, 0.717) is 28.6 Å². The number of hydrogen-bond acceptors (Lipinski definition) is 10. The van der Waals surface area contributed by atoms with Crippen LogP contribution >= 0.6 is 0 Å². The van der Waals surface area contributed by atoms with E-state index in [4.69, 9.17) is 18.7 Å². The molecule has 1 amide bonds. The summed E-state index contributed by atoms with van der Waals surface area (Å²) in [5.74, 6) is -2.43. The fourth-order valence-electron chi connectivity index (χ4n) is 5.11. The lowest BCUT2D eigenvalue weighted by molar-refractivity contribution is -0.0494. The average molecular weight is 633 g/mol. The number of nitrogens with one attached hydrogen (secondary N) is 3. The van der Waals surface area contributed by atoms with E-state index in [1.165, 1.54) is 38.4 Å². The number of methoxy groups -OCH3 is 3. The molecule has 44 heavy (non-hydrogen) atoms. The first-order chi connectivity index (χ1) is 21.0. The number of sulfonamides is 1. The number of amides is 1. The second-order valence-corrected chi connectivity index (χ2v) is 12.3. The molecular weight excluding hydrogens is 602 g/mol. The third-order valence-electron chi connectivity index (χ3n) is 7.66. The third kappa shape index (κ3) is 5.68. The van der Waals surface area contributed by atoms with E-state index in [1.807, 2.05) is 6.07 Å². The van der Waals surface area contributed by atoms with Gasteiger partial charge in [0.15, 0.2) is 22.1 Å². The fraction of sp³-hybridized carbons (Fsp3) is 0.393. The second kappa shape index (κ2) is 11.2. The van der Waals surface area contributed by atoms with E-state index in [1.54, 1.807) is 12.1 Å². The molecule has 0 radical (unpaired) electrons. The first-order valence-electron chi connectivity index (χ1n) is 13.8. The summed E-state index contributed by atoms with van der Waals surface area (Å²) < 4.78 is 78.7. The van der Waals surface area contributed by atoms with Crippen LogP contribution in [0.25, 0.3) is 11.0 Å². The third-order valence-corrected chi connectivity index (χ3v) is 9.06. The summed E-state index contributed by atoms with van der Waals surface area (Å²) in [4.78, 5) is 14.0. The van der Waals surface area contributed by atoms with Crippen molar-refractivity contribution in [1.82, 2.24) is 20.3 Å². The number of alkyl halides is 2. The van der Waals surface area contributed by atoms with Crippen molar-refractivity contribution in [3.05, 3.63) is 41.6 Å². The summed E-state index contributed by atoms with van der Waals surface area (Å²) in [5, 5.41) is 14.7. The van der Waals surface area contributed by atoms with Crippen molar-refractivity contribution in [2.75, 3.05) is 44.5 Å². The van der Waals surface area contributed by atoms with Crippen molar-refractivity contribution in [2.45, 2.75) is 42.4 Å². The van der Waals surface area contributed by atoms with Crippen LogP contribution in [-0.2, 0) is 10.0 Å². The quantitative estimate of drug-likeness (QED) is 0.220. The van der Waals surface area contributed by atoms with E-state index < -0.39 is 39.6 Å². The van der Waals surface area contributed by atoms with Gasteiger partial charge in [-0.3, -0.25) is 14.6 Å². The molecule has 13 nitrogen and oxygen atoms in total. The van der Waals surface area contributed by atoms with E-state index in [-0.39, 0.29) is 41.6 Å². The number of aromatic amines is 1. The summed E-state index contributed by atoms with van der Waals surface area (Å²) in [6, 6.07) is 7.57. The zero-order valence-electron chi connectivity index (χ0n) is 24.1. The summed E-state index contributed by atoms with van der Waals surface area (Å²) in [7, 11) is -0.493. The van der Waals surface area contributed by atoms with Gasteiger partial charge in [-0.1, -0.05) is 5.16 Å². The van der Waals surface area contributed by atoms with Gasteiger partial charge in [0.2, 0.25) is 0 Å². The zero-order chi connectivity index (χ0) is 31.2. The number of rotatable bonds is 10. The molecule has 0 atom stereocenters. The summed E-state index contributed by atoms with van der Waals surface area (Å²) in [5.41, 5.74) is 1.86. The van der Waals surface area contributed by atoms with Crippen LogP contribution in [0.1, 0.15) is 47.7 Å². The number of aromatic nitrogens is 3. The SMILES string of the molecule is COc1cc2c(NS(=O)(=O)c3c(OC)cc(C(=O)N4CCC(F)(F)CC4)cc3OC)noc2cc1Nc1cc(C2CC2)[nH]n1. The largest absolute Gasteiger partial charge is 0.495 e. The molecule has 234 valence electrons. The number of carbonyl (C=O) groups excluding carboxylic acids is 1. The van der Waals surface area contributed by atoms with E-state index >= 15 is 0 Å². The standard InChI is InChI=1S/C28H30F2N6O7S/c1-40-21-12-17-20(13-19(21)31-24-14-18(32-33-24)15-4-5-15)43-34-26(17)35-44(38,39)25-22(41-2)10-16(11-23(25)42-3)27(37)36-8-6-28(29,30)7-9-36/h10-15H,4-9H2,1-3H3,(H,34,35)(H2,31,32,33). The smallest absolute Gasteiger partial charge is 0.270 e. The molecule has 2 aromatic heterocycles. The van der Waals surface area contributed by atoms with Gasteiger partial charge in [0.1, 0.15) is 17.2 Å². The molecular formula is C28H30F2N6O7S. The molecule has 3 heterocycles. The molecule has 2 fully saturated rings. The molecule has 3 N–H and O–H groups in total. The van der Waals surface area contributed by atoms with E-state index in [2.05, 4.69) is 25.4 Å². The maximum Gasteiger partial charge on any atom is 0.270 e. The number of halogens is 2. The van der Waals surface area contributed by atoms with E-state index in [9.17, 15) is 22.0 Å². The second-order valence-electron chi connectivity index (χ2n) is 10.7. The van der Waals surface area contributed by atoms with Crippen LogP contribution in [-0.4, -0.2) is 74.9 Å². The number of fused-ring (bicyclic) bond motifs is 1. The van der Waals surface area contributed by atoms with Gasteiger partial charge in [-0.25, -0.2) is 17.2 Å². The Morgan fingerprint density at radius 3 is 2.30 bits per heavy atom. The van der Waals surface area contributed by atoms with Gasteiger partial charge in [0, 0.05) is 55.2 Å². The fourth-order valence-corrected chi connectivity index (χ4v) is 6.43. The van der Waals surface area contributed by atoms with Crippen LogP contribution in [0.5, 0.6) is 17.2 Å². The Labute approximate surface area is 250 Å². The van der Waals surface area contributed by atoms with Crippen LogP contribution in [0.3, 0.4) is 0 Å². The monoisotopic (exact) mass is 632 g/mol. The van der Waals surface area contributed by atoms with Crippen molar-refractivity contribution in [3.63, 3.8) is 0 Å². The molecule has 1 aliphatic heterocycles. The van der Waals surface area contributed by atoms with Gasteiger partial charge >= 0.3 is 0 Å². The summed E-state index contributed by atoms with van der Waals surface area (Å²) in [6.45, 7) is -0.275. The van der Waals surface area contributed by atoms with Crippen molar-refractivity contribution in [3.8, 4) is 17.2 Å². The molecule has 0 bridgehead atoms. The zero-order valence-corrected chi connectivity index (χ0v) is 24.9. The highest BCUT2D eigenvalue weighted by atomic mass is 32.2. The number of H-pyrrole nitrogens is 1. The highest BCUT2D eigenvalue weighted by Gasteiger charge is 2.37. The topological polar surface area (TPSA) is 161 Å². The van der Waals surface area contributed by atoms with Gasteiger partial charge in [0.25, 0.3) is 21.9 Å². The van der Waals surface area contributed by atoms with Crippen molar-refractivity contribution >= 4 is 44.2 Å².